The Kier molecular flexibility index (Phi) is 65.9. The van der Waals surface area contributed by atoms with Gasteiger partial charge >= 0.3 is 39.5 Å². The van der Waals surface area contributed by atoms with Crippen molar-refractivity contribution in [3.63, 3.8) is 0 Å². The second-order valence-electron chi connectivity index (χ2n) is 30.0. The third kappa shape index (κ3) is 72.2. The summed E-state index contributed by atoms with van der Waals surface area (Å²) >= 11 is 0. The molecule has 0 aromatic rings. The van der Waals surface area contributed by atoms with Crippen LogP contribution in [0.4, 0.5) is 0 Å². The van der Waals surface area contributed by atoms with Crippen molar-refractivity contribution < 1.29 is 80.2 Å². The summed E-state index contributed by atoms with van der Waals surface area (Å²) in [5.74, 6) is 0.914. The van der Waals surface area contributed by atoms with Crippen LogP contribution >= 0.6 is 15.6 Å². The maximum atomic E-state index is 13.1. The van der Waals surface area contributed by atoms with E-state index >= 15 is 0 Å². The Labute approximate surface area is 594 Å². The van der Waals surface area contributed by atoms with Gasteiger partial charge in [0.1, 0.15) is 19.3 Å². The van der Waals surface area contributed by atoms with Crippen LogP contribution in [0.1, 0.15) is 396 Å². The molecule has 0 fully saturated rings. The summed E-state index contributed by atoms with van der Waals surface area (Å²) in [4.78, 5) is 72.9. The van der Waals surface area contributed by atoms with E-state index in [-0.39, 0.29) is 25.7 Å². The summed E-state index contributed by atoms with van der Waals surface area (Å²) < 4.78 is 68.6. The number of rotatable bonds is 75. The molecule has 0 bridgehead atoms. The van der Waals surface area contributed by atoms with Gasteiger partial charge in [0.25, 0.3) is 0 Å². The lowest BCUT2D eigenvalue weighted by molar-refractivity contribution is -0.161. The Morgan fingerprint density at radius 2 is 0.433 bits per heavy atom. The van der Waals surface area contributed by atoms with Gasteiger partial charge in [0.2, 0.25) is 0 Å². The van der Waals surface area contributed by atoms with Gasteiger partial charge in [-0.15, -0.1) is 0 Å². The predicted molar refractivity (Wildman–Crippen MR) is 395 cm³/mol. The standard InChI is InChI=1S/C78H152O17P2/c1-68(2)54-46-38-30-24-18-13-11-9-10-12-14-21-27-33-42-50-58-75(80)88-64-73(94-77(82)60-52-44-34-28-22-16-15-19-25-31-39-47-55-69(3)4)66-92-96(84,85)90-62-72(79)63-91-97(86,87)93-67-74(65-89-76(81)59-51-43-37-36-41-49-57-71(7)8)95-78(83)61-53-45-35-29-23-17-20-26-32-40-48-56-70(5)6/h68-74,79H,9-67H2,1-8H3,(H,84,85)(H,86,87)/t72-,73-,74-/m1/s1. The predicted octanol–water partition coefficient (Wildman–Crippen LogP) is 22.8. The van der Waals surface area contributed by atoms with Crippen molar-refractivity contribution in [2.24, 2.45) is 23.7 Å². The van der Waals surface area contributed by atoms with Crippen LogP contribution < -0.4 is 0 Å². The largest absolute Gasteiger partial charge is 0.472 e. The van der Waals surface area contributed by atoms with Gasteiger partial charge in [-0.2, -0.15) is 0 Å². The number of phosphoric acid groups is 2. The van der Waals surface area contributed by atoms with Crippen LogP contribution in [0.15, 0.2) is 0 Å². The lowest BCUT2D eigenvalue weighted by Crippen LogP contribution is -2.30. The molecule has 0 radical (unpaired) electrons. The number of unbranched alkanes of at least 4 members (excludes halogenated alkanes) is 41. The van der Waals surface area contributed by atoms with Crippen molar-refractivity contribution in [1.82, 2.24) is 0 Å². The van der Waals surface area contributed by atoms with Crippen molar-refractivity contribution >= 4 is 39.5 Å². The molecule has 0 aliphatic rings. The lowest BCUT2D eigenvalue weighted by atomic mass is 10.0. The second kappa shape index (κ2) is 67.2. The fraction of sp³-hybridized carbons (Fsp3) is 0.949. The average Bonchev–Trinajstić information content (AvgIpc) is 1.21. The average molecular weight is 1420 g/mol. The van der Waals surface area contributed by atoms with Crippen LogP contribution in [0, 0.1) is 23.7 Å². The molecule has 17 nitrogen and oxygen atoms in total. The molecule has 576 valence electrons. The number of ether oxygens (including phenoxy) is 4. The van der Waals surface area contributed by atoms with Crippen LogP contribution in [0.25, 0.3) is 0 Å². The minimum atomic E-state index is -4.96. The van der Waals surface area contributed by atoms with Gasteiger partial charge in [-0.3, -0.25) is 37.3 Å². The third-order valence-electron chi connectivity index (χ3n) is 18.1. The highest BCUT2D eigenvalue weighted by molar-refractivity contribution is 7.47. The fourth-order valence-corrected chi connectivity index (χ4v) is 13.5. The maximum Gasteiger partial charge on any atom is 0.472 e. The first kappa shape index (κ1) is 95.1. The monoisotopic (exact) mass is 1420 g/mol. The summed E-state index contributed by atoms with van der Waals surface area (Å²) in [5.41, 5.74) is 0. The quantitative estimate of drug-likeness (QED) is 0.0222. The smallest absolute Gasteiger partial charge is 0.462 e. The van der Waals surface area contributed by atoms with Gasteiger partial charge in [-0.25, -0.2) is 9.13 Å². The summed E-state index contributed by atoms with van der Waals surface area (Å²) in [6.45, 7) is 14.2. The molecule has 0 aliphatic heterocycles. The number of phosphoric ester groups is 2. The summed E-state index contributed by atoms with van der Waals surface area (Å²) in [7, 11) is -9.92. The van der Waals surface area contributed by atoms with Crippen molar-refractivity contribution in [2.45, 2.75) is 414 Å². The van der Waals surface area contributed by atoms with Crippen molar-refractivity contribution in [3.8, 4) is 0 Å². The van der Waals surface area contributed by atoms with Crippen LogP contribution in [0.3, 0.4) is 0 Å². The van der Waals surface area contributed by atoms with Crippen molar-refractivity contribution in [2.75, 3.05) is 39.6 Å². The normalized spacial score (nSPS) is 14.1. The number of carbonyl (C=O) groups is 4. The van der Waals surface area contributed by atoms with E-state index < -0.39 is 97.5 Å². The molecule has 2 unspecified atom stereocenters. The van der Waals surface area contributed by atoms with Crippen LogP contribution in [0.5, 0.6) is 0 Å². The second-order valence-corrected chi connectivity index (χ2v) is 32.9. The summed E-state index contributed by atoms with van der Waals surface area (Å²) in [6, 6.07) is 0. The molecule has 0 saturated heterocycles. The first-order valence-electron chi connectivity index (χ1n) is 40.2. The molecule has 97 heavy (non-hydrogen) atoms. The lowest BCUT2D eigenvalue weighted by Gasteiger charge is -2.21. The van der Waals surface area contributed by atoms with Crippen LogP contribution in [0.2, 0.25) is 0 Å². The topological polar surface area (TPSA) is 237 Å². The van der Waals surface area contributed by atoms with Crippen molar-refractivity contribution in [3.05, 3.63) is 0 Å². The molecule has 0 saturated carbocycles. The number of aliphatic hydroxyl groups is 1. The highest BCUT2D eigenvalue weighted by Gasteiger charge is 2.30. The van der Waals surface area contributed by atoms with E-state index in [4.69, 9.17) is 37.0 Å². The van der Waals surface area contributed by atoms with Crippen LogP contribution in [-0.2, 0) is 65.4 Å². The number of aliphatic hydroxyl groups excluding tert-OH is 1. The Morgan fingerprint density at radius 3 is 0.639 bits per heavy atom. The molecule has 5 atom stereocenters. The van der Waals surface area contributed by atoms with Gasteiger partial charge in [0, 0.05) is 25.7 Å². The highest BCUT2D eigenvalue weighted by atomic mass is 31.2. The van der Waals surface area contributed by atoms with E-state index in [1.54, 1.807) is 0 Å². The van der Waals surface area contributed by atoms with E-state index in [9.17, 15) is 43.2 Å². The molecule has 0 aromatic carbocycles. The van der Waals surface area contributed by atoms with Crippen LogP contribution in [-0.4, -0.2) is 96.7 Å². The molecule has 0 aliphatic carbocycles. The molecular weight excluding hydrogens is 1270 g/mol. The minimum Gasteiger partial charge on any atom is -0.462 e. The van der Waals surface area contributed by atoms with E-state index in [1.165, 1.54) is 193 Å². The maximum absolute atomic E-state index is 13.1. The number of carbonyl (C=O) groups excluding carboxylic acids is 4. The molecule has 0 aromatic heterocycles. The van der Waals surface area contributed by atoms with Gasteiger partial charge in [-0.1, -0.05) is 344 Å². The zero-order chi connectivity index (χ0) is 71.7. The molecule has 0 amide bonds. The Balaban J connectivity index is 5.22. The molecule has 19 heteroatoms. The Hall–Kier alpha value is -1.94. The van der Waals surface area contributed by atoms with Gasteiger partial charge in [0.15, 0.2) is 12.2 Å². The summed E-state index contributed by atoms with van der Waals surface area (Å²) in [5, 5.41) is 10.6. The number of esters is 4. The third-order valence-corrected chi connectivity index (χ3v) is 20.0. The molecule has 0 heterocycles. The van der Waals surface area contributed by atoms with Crippen molar-refractivity contribution in [1.29, 1.82) is 0 Å². The highest BCUT2D eigenvalue weighted by Crippen LogP contribution is 2.45. The number of hydrogen-bond acceptors (Lipinski definition) is 15. The van der Waals surface area contributed by atoms with Gasteiger partial charge in [-0.05, 0) is 49.4 Å². The zero-order valence-electron chi connectivity index (χ0n) is 63.7. The Bertz CT molecular complexity index is 1900. The van der Waals surface area contributed by atoms with E-state index in [2.05, 4.69) is 55.4 Å². The fourth-order valence-electron chi connectivity index (χ4n) is 11.9. The van der Waals surface area contributed by atoms with E-state index in [1.807, 2.05) is 0 Å². The molecule has 0 spiro atoms. The Morgan fingerprint density at radius 1 is 0.258 bits per heavy atom. The molecule has 3 N–H and O–H groups in total. The van der Waals surface area contributed by atoms with E-state index in [0.717, 1.165) is 114 Å². The first-order valence-corrected chi connectivity index (χ1v) is 43.2. The van der Waals surface area contributed by atoms with E-state index in [0.29, 0.717) is 31.6 Å². The molecule has 0 rings (SSSR count). The zero-order valence-corrected chi connectivity index (χ0v) is 65.5. The molecular formula is C78H152O17P2. The van der Waals surface area contributed by atoms with Gasteiger partial charge < -0.3 is 33.8 Å². The van der Waals surface area contributed by atoms with Gasteiger partial charge in [0.05, 0.1) is 26.4 Å². The first-order chi connectivity index (χ1) is 46.6. The summed E-state index contributed by atoms with van der Waals surface area (Å²) in [6.07, 6.45) is 52.9. The minimum absolute atomic E-state index is 0.105. The number of hydrogen-bond donors (Lipinski definition) is 3. The SMILES string of the molecule is CC(C)CCCCCCCCCCCCCCCCCCC(=O)OC[C@H](COP(=O)(O)OC[C@@H](O)COP(=O)(O)OC[C@@H](COC(=O)CCCCCCCCC(C)C)OC(=O)CCCCCCCCCCCCCC(C)C)OC(=O)CCCCCCCCCCCCCCC(C)C.